The Labute approximate surface area is 123 Å². The van der Waals surface area contributed by atoms with Crippen molar-refractivity contribution in [2.45, 2.75) is 18.9 Å². The largest absolute Gasteiger partial charge is 0.391 e. The molecule has 2 heterocycles. The summed E-state index contributed by atoms with van der Waals surface area (Å²) in [6, 6.07) is 7.44. The smallest absolute Gasteiger partial charge is 0.253 e. The van der Waals surface area contributed by atoms with Gasteiger partial charge in [0.05, 0.1) is 6.10 Å². The molecule has 0 unspecified atom stereocenters. The molecule has 0 bridgehead atoms. The van der Waals surface area contributed by atoms with Gasteiger partial charge in [-0.15, -0.1) is 0 Å². The van der Waals surface area contributed by atoms with E-state index in [0.717, 1.165) is 24.0 Å². The fraction of sp³-hybridized carbons (Fsp3) is 0.312. The number of carbonyl (C=O) groups is 1. The van der Waals surface area contributed by atoms with Crippen molar-refractivity contribution in [3.8, 4) is 11.1 Å². The zero-order valence-electron chi connectivity index (χ0n) is 11.6. The normalized spacial score (nSPS) is 18.5. The van der Waals surface area contributed by atoms with E-state index in [1.54, 1.807) is 23.4 Å². The van der Waals surface area contributed by atoms with Crippen molar-refractivity contribution in [1.29, 1.82) is 0 Å². The standard InChI is InChI=1S/C16H17N3O2/c20-15-5-2-6-19(10-15)16(21)13-4-1-3-12(7-13)14-8-17-11-18-9-14/h1,3-4,7-9,11,15,20H,2,5-6,10H2/t15-/m0/s1. The maximum atomic E-state index is 12.5. The number of likely N-dealkylation sites (tertiary alicyclic amines) is 1. The van der Waals surface area contributed by atoms with Crippen LogP contribution in [0.25, 0.3) is 11.1 Å². The Morgan fingerprint density at radius 1 is 1.24 bits per heavy atom. The van der Waals surface area contributed by atoms with Crippen LogP contribution in [-0.4, -0.2) is 45.1 Å². The highest BCUT2D eigenvalue weighted by atomic mass is 16.3. The zero-order chi connectivity index (χ0) is 14.7. The van der Waals surface area contributed by atoms with Crippen LogP contribution in [-0.2, 0) is 0 Å². The number of amides is 1. The number of carbonyl (C=O) groups excluding carboxylic acids is 1. The lowest BCUT2D eigenvalue weighted by molar-refractivity contribution is 0.0474. The quantitative estimate of drug-likeness (QED) is 0.911. The van der Waals surface area contributed by atoms with Crippen LogP contribution < -0.4 is 0 Å². The Bertz CT molecular complexity index is 630. The second kappa shape index (κ2) is 6.01. The third-order valence-electron chi connectivity index (χ3n) is 3.69. The predicted molar refractivity (Wildman–Crippen MR) is 78.6 cm³/mol. The summed E-state index contributed by atoms with van der Waals surface area (Å²) < 4.78 is 0. The van der Waals surface area contributed by atoms with Crippen LogP contribution in [0.5, 0.6) is 0 Å². The van der Waals surface area contributed by atoms with E-state index in [0.29, 0.717) is 18.7 Å². The van der Waals surface area contributed by atoms with Gasteiger partial charge in [-0.3, -0.25) is 4.79 Å². The summed E-state index contributed by atoms with van der Waals surface area (Å²) in [5.41, 5.74) is 2.43. The maximum absolute atomic E-state index is 12.5. The van der Waals surface area contributed by atoms with Crippen molar-refractivity contribution >= 4 is 5.91 Å². The van der Waals surface area contributed by atoms with Gasteiger partial charge >= 0.3 is 0 Å². The van der Waals surface area contributed by atoms with E-state index in [-0.39, 0.29) is 5.91 Å². The molecule has 1 saturated heterocycles. The Morgan fingerprint density at radius 3 is 2.81 bits per heavy atom. The molecule has 1 aromatic heterocycles. The van der Waals surface area contributed by atoms with Crippen molar-refractivity contribution in [3.63, 3.8) is 0 Å². The predicted octanol–water partition coefficient (Wildman–Crippen LogP) is 1.74. The van der Waals surface area contributed by atoms with Gasteiger partial charge in [-0.05, 0) is 30.5 Å². The van der Waals surface area contributed by atoms with Crippen molar-refractivity contribution in [2.24, 2.45) is 0 Å². The first-order valence-corrected chi connectivity index (χ1v) is 7.07. The van der Waals surface area contributed by atoms with Crippen LogP contribution in [0, 0.1) is 0 Å². The minimum atomic E-state index is -0.409. The monoisotopic (exact) mass is 283 g/mol. The van der Waals surface area contributed by atoms with Gasteiger partial charge in [-0.2, -0.15) is 0 Å². The van der Waals surface area contributed by atoms with E-state index in [1.807, 2.05) is 18.2 Å². The minimum absolute atomic E-state index is 0.0348. The first-order chi connectivity index (χ1) is 10.2. The summed E-state index contributed by atoms with van der Waals surface area (Å²) in [6.07, 6.45) is 6.13. The number of rotatable bonds is 2. The van der Waals surface area contributed by atoms with Crippen LogP contribution in [0.1, 0.15) is 23.2 Å². The van der Waals surface area contributed by atoms with Crippen LogP contribution in [0.3, 0.4) is 0 Å². The van der Waals surface area contributed by atoms with Crippen molar-refractivity contribution in [2.75, 3.05) is 13.1 Å². The van der Waals surface area contributed by atoms with E-state index in [9.17, 15) is 9.90 Å². The number of aliphatic hydroxyl groups is 1. The molecular formula is C16H17N3O2. The second-order valence-electron chi connectivity index (χ2n) is 5.26. The summed E-state index contributed by atoms with van der Waals surface area (Å²) in [7, 11) is 0. The number of nitrogens with zero attached hydrogens (tertiary/aromatic N) is 3. The molecule has 1 N–H and O–H groups in total. The summed E-state index contributed by atoms with van der Waals surface area (Å²) in [5, 5.41) is 9.70. The van der Waals surface area contributed by atoms with E-state index in [2.05, 4.69) is 9.97 Å². The SMILES string of the molecule is O=C(c1cccc(-c2cncnc2)c1)N1CCC[C@H](O)C1. The fourth-order valence-electron chi connectivity index (χ4n) is 2.60. The third-order valence-corrected chi connectivity index (χ3v) is 3.69. The molecule has 3 rings (SSSR count). The molecule has 1 aliphatic rings. The van der Waals surface area contributed by atoms with E-state index < -0.39 is 6.10 Å². The Morgan fingerprint density at radius 2 is 2.05 bits per heavy atom. The Hall–Kier alpha value is -2.27. The van der Waals surface area contributed by atoms with Crippen LogP contribution >= 0.6 is 0 Å². The highest BCUT2D eigenvalue weighted by Crippen LogP contribution is 2.20. The number of aliphatic hydroxyl groups excluding tert-OH is 1. The highest BCUT2D eigenvalue weighted by Gasteiger charge is 2.23. The van der Waals surface area contributed by atoms with Crippen LogP contribution in [0.15, 0.2) is 43.0 Å². The Kier molecular flexibility index (Phi) is 3.92. The molecule has 0 spiro atoms. The molecule has 5 nitrogen and oxygen atoms in total. The van der Waals surface area contributed by atoms with Crippen molar-refractivity contribution < 1.29 is 9.90 Å². The molecule has 0 radical (unpaired) electrons. The number of aromatic nitrogens is 2. The molecule has 2 aromatic rings. The Balaban J connectivity index is 1.84. The lowest BCUT2D eigenvalue weighted by atomic mass is 10.0. The third kappa shape index (κ3) is 3.08. The van der Waals surface area contributed by atoms with E-state index in [4.69, 9.17) is 0 Å². The van der Waals surface area contributed by atoms with Gasteiger partial charge in [0.2, 0.25) is 0 Å². The average molecular weight is 283 g/mol. The fourth-order valence-corrected chi connectivity index (χ4v) is 2.60. The van der Waals surface area contributed by atoms with Crippen molar-refractivity contribution in [3.05, 3.63) is 48.5 Å². The van der Waals surface area contributed by atoms with Crippen molar-refractivity contribution in [1.82, 2.24) is 14.9 Å². The van der Waals surface area contributed by atoms with Gasteiger partial charge in [0, 0.05) is 36.6 Å². The van der Waals surface area contributed by atoms with Crippen LogP contribution in [0.4, 0.5) is 0 Å². The molecule has 5 heteroatoms. The molecule has 1 aliphatic heterocycles. The number of hydrogen-bond acceptors (Lipinski definition) is 4. The second-order valence-corrected chi connectivity index (χ2v) is 5.26. The minimum Gasteiger partial charge on any atom is -0.391 e. The van der Waals surface area contributed by atoms with Gasteiger partial charge < -0.3 is 10.0 Å². The van der Waals surface area contributed by atoms with Gasteiger partial charge in [0.25, 0.3) is 5.91 Å². The molecule has 1 fully saturated rings. The number of hydrogen-bond donors (Lipinski definition) is 1. The lowest BCUT2D eigenvalue weighted by Crippen LogP contribution is -2.42. The molecule has 1 atom stereocenters. The van der Waals surface area contributed by atoms with Gasteiger partial charge in [-0.1, -0.05) is 12.1 Å². The number of benzene rings is 1. The topological polar surface area (TPSA) is 66.3 Å². The molecule has 108 valence electrons. The lowest BCUT2D eigenvalue weighted by Gasteiger charge is -2.30. The molecule has 1 amide bonds. The molecule has 0 aliphatic carbocycles. The summed E-state index contributed by atoms with van der Waals surface area (Å²) >= 11 is 0. The average Bonchev–Trinajstić information content (AvgIpc) is 2.55. The highest BCUT2D eigenvalue weighted by molar-refractivity contribution is 5.95. The first kappa shape index (κ1) is 13.7. The molecule has 1 aromatic carbocycles. The number of piperidine rings is 1. The molecule has 0 saturated carbocycles. The first-order valence-electron chi connectivity index (χ1n) is 7.07. The summed E-state index contributed by atoms with van der Waals surface area (Å²) in [5.74, 6) is -0.0348. The van der Waals surface area contributed by atoms with Crippen LogP contribution in [0.2, 0.25) is 0 Å². The zero-order valence-corrected chi connectivity index (χ0v) is 11.6. The van der Waals surface area contributed by atoms with E-state index in [1.165, 1.54) is 6.33 Å². The summed E-state index contributed by atoms with van der Waals surface area (Å²) in [6.45, 7) is 1.12. The van der Waals surface area contributed by atoms with E-state index >= 15 is 0 Å². The molecular weight excluding hydrogens is 266 g/mol. The number of β-amino-alcohol motifs (C(OH)–C–C–N with tert-alkyl or cyclic N) is 1. The summed E-state index contributed by atoms with van der Waals surface area (Å²) in [4.78, 5) is 22.2. The van der Waals surface area contributed by atoms with Gasteiger partial charge in [-0.25, -0.2) is 9.97 Å². The van der Waals surface area contributed by atoms with Gasteiger partial charge in [0.15, 0.2) is 0 Å². The van der Waals surface area contributed by atoms with Gasteiger partial charge in [0.1, 0.15) is 6.33 Å². The maximum Gasteiger partial charge on any atom is 0.253 e. The molecule has 21 heavy (non-hydrogen) atoms.